The van der Waals surface area contributed by atoms with Crippen LogP contribution in [0.4, 0.5) is 15.6 Å². The molecule has 8 nitrogen and oxygen atoms in total. The molecule has 0 saturated carbocycles. The molecule has 2 fully saturated rings. The number of anilines is 2. The number of amides is 2. The number of aliphatic hydroxyl groups excluding tert-OH is 1. The molecular formula is C32H40N4O4SSi. The smallest absolute Gasteiger partial charge is 0.410 e. The second kappa shape index (κ2) is 11.8. The Morgan fingerprint density at radius 1 is 1.21 bits per heavy atom. The number of hydrogen-bond acceptors (Lipinski definition) is 7. The van der Waals surface area contributed by atoms with Gasteiger partial charge < -0.3 is 20.9 Å². The molecule has 2 amide bonds. The number of thiazole rings is 1. The van der Waals surface area contributed by atoms with E-state index >= 15 is 0 Å². The first-order chi connectivity index (χ1) is 19.8. The molecule has 0 aliphatic carbocycles. The Kier molecular flexibility index (Phi) is 8.51. The fraction of sp³-hybridized carbons (Fsp3) is 0.469. The third-order valence-corrected chi connectivity index (χ3v) is 10.5. The van der Waals surface area contributed by atoms with E-state index in [1.807, 2.05) is 56.3 Å². The van der Waals surface area contributed by atoms with Gasteiger partial charge in [-0.3, -0.25) is 9.69 Å². The van der Waals surface area contributed by atoms with Crippen LogP contribution in [0.5, 0.6) is 0 Å². The van der Waals surface area contributed by atoms with Crippen LogP contribution < -0.4 is 11.1 Å². The molecular weight excluding hydrogens is 565 g/mol. The fourth-order valence-electron chi connectivity index (χ4n) is 6.30. The van der Waals surface area contributed by atoms with Crippen LogP contribution in [0, 0.1) is 0 Å². The van der Waals surface area contributed by atoms with E-state index in [0.29, 0.717) is 22.9 Å². The predicted octanol–water partition coefficient (Wildman–Crippen LogP) is 5.91. The molecule has 0 spiro atoms. The molecule has 2 radical (unpaired) electrons. The molecule has 10 heteroatoms. The molecule has 5 rings (SSSR count). The lowest BCUT2D eigenvalue weighted by Gasteiger charge is -2.48. The maximum absolute atomic E-state index is 13.4. The molecule has 3 aromatic rings. The topological polar surface area (TPSA) is 118 Å². The summed E-state index contributed by atoms with van der Waals surface area (Å²) >= 11 is 1.31. The van der Waals surface area contributed by atoms with Crippen LogP contribution in [0.25, 0.3) is 0 Å². The number of benzene rings is 2. The highest BCUT2D eigenvalue weighted by atomic mass is 32.1. The van der Waals surface area contributed by atoms with Crippen molar-refractivity contribution in [2.75, 3.05) is 11.1 Å². The predicted molar refractivity (Wildman–Crippen MR) is 168 cm³/mol. The van der Waals surface area contributed by atoms with Crippen molar-refractivity contribution in [1.29, 1.82) is 0 Å². The minimum Gasteiger partial charge on any atom is -0.443 e. The summed E-state index contributed by atoms with van der Waals surface area (Å²) in [4.78, 5) is 31.9. The van der Waals surface area contributed by atoms with Gasteiger partial charge in [0.1, 0.15) is 5.60 Å². The SMILES string of the molecule is CC(C)(C)[Si]Cc1ccccc1[C@@H](O)[C@H]1CC[C@@H]2C(c3ccc(NC(=O)Cc4csc(N)n4)cc3)C(C)(C)OC(=O)N21. The van der Waals surface area contributed by atoms with Gasteiger partial charge in [-0.25, -0.2) is 9.78 Å². The second-order valence-electron chi connectivity index (χ2n) is 12.8. The molecule has 3 heterocycles. The van der Waals surface area contributed by atoms with Crippen molar-refractivity contribution in [2.24, 2.45) is 0 Å². The minimum atomic E-state index is -0.795. The molecule has 1 unspecified atom stereocenters. The number of nitrogens with two attached hydrogens (primary N) is 1. The standard InChI is InChI=1S/C32H40N4O4SSi/c1-31(2,3)42-18-20-8-6-7-9-23(20)28(38)25-15-14-24-27(32(4,5)40-30(39)36(24)25)19-10-12-21(13-11-19)34-26(37)16-22-17-41-29(33)35-22/h6-13,17,24-25,27-28,38H,14-16,18H2,1-5H3,(H2,33,35)(H,34,37)/t24-,25-,27?,28-/m1/s1. The van der Waals surface area contributed by atoms with Gasteiger partial charge in [0, 0.05) is 32.5 Å². The zero-order chi connectivity index (χ0) is 30.2. The van der Waals surface area contributed by atoms with Crippen LogP contribution in [0.3, 0.4) is 0 Å². The van der Waals surface area contributed by atoms with Crippen LogP contribution in [0.2, 0.25) is 5.04 Å². The van der Waals surface area contributed by atoms with Crippen molar-refractivity contribution in [1.82, 2.24) is 9.88 Å². The molecule has 0 bridgehead atoms. The van der Waals surface area contributed by atoms with E-state index in [-0.39, 0.29) is 41.5 Å². The summed E-state index contributed by atoms with van der Waals surface area (Å²) in [6.45, 7) is 10.6. The summed E-state index contributed by atoms with van der Waals surface area (Å²) in [5.41, 5.74) is 9.33. The lowest BCUT2D eigenvalue weighted by atomic mass is 9.77. The van der Waals surface area contributed by atoms with E-state index in [0.717, 1.165) is 38.7 Å². The van der Waals surface area contributed by atoms with Crippen LogP contribution in [0.1, 0.15) is 81.9 Å². The highest BCUT2D eigenvalue weighted by Crippen LogP contribution is 2.49. The Hall–Kier alpha value is -3.21. The van der Waals surface area contributed by atoms with Crippen molar-refractivity contribution in [3.05, 3.63) is 76.3 Å². The number of carbonyl (C=O) groups is 2. The quantitative estimate of drug-likeness (QED) is 0.275. The molecule has 2 saturated heterocycles. The Bertz CT molecular complexity index is 1430. The molecule has 42 heavy (non-hydrogen) atoms. The van der Waals surface area contributed by atoms with Gasteiger partial charge in [-0.2, -0.15) is 0 Å². The van der Waals surface area contributed by atoms with E-state index < -0.39 is 11.7 Å². The van der Waals surface area contributed by atoms with E-state index in [9.17, 15) is 14.7 Å². The number of nitrogens with one attached hydrogen (secondary N) is 1. The number of nitrogen functional groups attached to an aromatic ring is 1. The van der Waals surface area contributed by atoms with Gasteiger partial charge in [0.25, 0.3) is 0 Å². The first-order valence-corrected chi connectivity index (χ1v) is 16.5. The monoisotopic (exact) mass is 604 g/mol. The summed E-state index contributed by atoms with van der Waals surface area (Å²) < 4.78 is 6.05. The van der Waals surface area contributed by atoms with Crippen LogP contribution in [-0.4, -0.2) is 54.2 Å². The van der Waals surface area contributed by atoms with Crippen LogP contribution >= 0.6 is 11.3 Å². The number of rotatable bonds is 8. The second-order valence-corrected chi connectivity index (χ2v) is 15.9. The average molecular weight is 605 g/mol. The zero-order valence-corrected chi connectivity index (χ0v) is 26.7. The lowest BCUT2D eigenvalue weighted by molar-refractivity contribution is -0.115. The number of ether oxygens (including phenoxy) is 1. The molecule has 2 aromatic carbocycles. The highest BCUT2D eigenvalue weighted by molar-refractivity contribution is 7.13. The van der Waals surface area contributed by atoms with E-state index in [1.54, 1.807) is 10.3 Å². The Morgan fingerprint density at radius 2 is 1.93 bits per heavy atom. The zero-order valence-electron chi connectivity index (χ0n) is 24.9. The Balaban J connectivity index is 1.33. The van der Waals surface area contributed by atoms with Crippen molar-refractivity contribution in [2.45, 2.75) is 94.7 Å². The first kappa shape index (κ1) is 30.3. The van der Waals surface area contributed by atoms with Gasteiger partial charge in [0.2, 0.25) is 5.91 Å². The number of fused-ring (bicyclic) bond motifs is 1. The number of aromatic nitrogens is 1. The van der Waals surface area contributed by atoms with E-state index in [4.69, 9.17) is 10.5 Å². The summed E-state index contributed by atoms with van der Waals surface area (Å²) in [7, 11) is 0.724. The minimum absolute atomic E-state index is 0.104. The van der Waals surface area contributed by atoms with Gasteiger partial charge in [-0.1, -0.05) is 57.2 Å². The summed E-state index contributed by atoms with van der Waals surface area (Å²) in [6, 6.07) is 16.2. The van der Waals surface area contributed by atoms with Crippen LogP contribution in [0.15, 0.2) is 53.9 Å². The number of aliphatic hydroxyl groups is 1. The summed E-state index contributed by atoms with van der Waals surface area (Å²) in [6.07, 6.45) is 0.450. The summed E-state index contributed by atoms with van der Waals surface area (Å²) in [5.74, 6) is -0.269. The van der Waals surface area contributed by atoms with Gasteiger partial charge in [0.15, 0.2) is 5.13 Å². The first-order valence-electron chi connectivity index (χ1n) is 14.4. The number of nitrogens with zero attached hydrogens (tertiary/aromatic N) is 2. The third kappa shape index (κ3) is 6.55. The molecule has 4 atom stereocenters. The number of hydrogen-bond donors (Lipinski definition) is 3. The van der Waals surface area contributed by atoms with Crippen molar-refractivity contribution < 1.29 is 19.4 Å². The molecule has 4 N–H and O–H groups in total. The van der Waals surface area contributed by atoms with Gasteiger partial charge in [-0.05, 0) is 66.6 Å². The fourth-order valence-corrected chi connectivity index (χ4v) is 7.91. The van der Waals surface area contributed by atoms with E-state index in [2.05, 4.69) is 37.1 Å². The summed E-state index contributed by atoms with van der Waals surface area (Å²) in [5, 5.41) is 17.1. The van der Waals surface area contributed by atoms with Crippen LogP contribution in [-0.2, 0) is 22.0 Å². The molecule has 1 aromatic heterocycles. The van der Waals surface area contributed by atoms with E-state index in [1.165, 1.54) is 11.3 Å². The molecule has 2 aliphatic rings. The van der Waals surface area contributed by atoms with Gasteiger partial charge >= 0.3 is 6.09 Å². The highest BCUT2D eigenvalue weighted by Gasteiger charge is 2.55. The third-order valence-electron chi connectivity index (χ3n) is 8.18. The number of carbonyl (C=O) groups excluding carboxylic acids is 2. The lowest BCUT2D eigenvalue weighted by Crippen LogP contribution is -2.58. The Morgan fingerprint density at radius 3 is 2.60 bits per heavy atom. The number of cyclic esters (lactones) is 1. The van der Waals surface area contributed by atoms with Crippen molar-refractivity contribution in [3.63, 3.8) is 0 Å². The normalized spacial score (nSPS) is 22.4. The van der Waals surface area contributed by atoms with Crippen molar-refractivity contribution in [3.8, 4) is 0 Å². The average Bonchev–Trinajstić information content (AvgIpc) is 3.53. The van der Waals surface area contributed by atoms with Gasteiger partial charge in [0.05, 0.1) is 24.3 Å². The molecule has 2 aliphatic heterocycles. The largest absolute Gasteiger partial charge is 0.443 e. The Labute approximate surface area is 254 Å². The maximum Gasteiger partial charge on any atom is 0.410 e. The van der Waals surface area contributed by atoms with Crippen molar-refractivity contribution >= 4 is 43.7 Å². The molecule has 222 valence electrons. The maximum atomic E-state index is 13.4. The van der Waals surface area contributed by atoms with Gasteiger partial charge in [-0.15, -0.1) is 11.3 Å².